The van der Waals surface area contributed by atoms with Crippen molar-refractivity contribution >= 4 is 40.0 Å². The Bertz CT molecular complexity index is 582. The second kappa shape index (κ2) is 11.7. The number of alkyl halides is 3. The molecule has 0 saturated carbocycles. The third-order valence-corrected chi connectivity index (χ3v) is 6.81. The first-order chi connectivity index (χ1) is 12.5. The first kappa shape index (κ1) is 27.7. The predicted molar refractivity (Wildman–Crippen MR) is 114 cm³/mol. The maximum absolute atomic E-state index is 12.6. The molecule has 0 spiro atoms. The zero-order valence-corrected chi connectivity index (χ0v) is 19.7. The molecule has 0 unspecified atom stereocenters. The molecule has 1 rings (SSSR count). The molecule has 1 aliphatic heterocycles. The Kier molecular flexibility index (Phi) is 11.6. The highest BCUT2D eigenvalue weighted by atomic mass is 127. The van der Waals surface area contributed by atoms with Gasteiger partial charge in [-0.1, -0.05) is 13.8 Å². The Labute approximate surface area is 182 Å². The largest absolute Gasteiger partial charge is 0.511 e. The van der Waals surface area contributed by atoms with Crippen LogP contribution in [0, 0.1) is 5.41 Å². The molecule has 0 atom stereocenters. The summed E-state index contributed by atoms with van der Waals surface area (Å²) in [6, 6.07) is -0.172. The van der Waals surface area contributed by atoms with E-state index in [0.717, 1.165) is 12.8 Å². The molecule has 0 aromatic heterocycles. The number of nitrogens with one attached hydrogen (secondary N) is 2. The molecule has 0 aromatic rings. The van der Waals surface area contributed by atoms with E-state index in [0.29, 0.717) is 23.4 Å². The van der Waals surface area contributed by atoms with Gasteiger partial charge in [0.05, 0.1) is 13.2 Å². The van der Waals surface area contributed by atoms with Crippen LogP contribution in [0.25, 0.3) is 0 Å². The maximum atomic E-state index is 12.6. The summed E-state index contributed by atoms with van der Waals surface area (Å²) in [7, 11) is -5.27. The molecular weight excluding hydrogens is 512 g/mol. The van der Waals surface area contributed by atoms with E-state index in [2.05, 4.69) is 15.6 Å². The number of guanidine groups is 1. The van der Waals surface area contributed by atoms with E-state index < -0.39 is 15.5 Å². The van der Waals surface area contributed by atoms with Gasteiger partial charge in [0.15, 0.2) is 5.96 Å². The van der Waals surface area contributed by atoms with Crippen molar-refractivity contribution in [2.45, 2.75) is 58.0 Å². The molecule has 0 radical (unpaired) electrons. The number of aliphatic imine (C=N–C) groups is 1. The number of hydrogen-bond donors (Lipinski definition) is 3. The molecular formula is C16H32F3IN4O3S. The molecule has 0 aliphatic carbocycles. The molecule has 1 fully saturated rings. The third kappa shape index (κ3) is 7.17. The highest BCUT2D eigenvalue weighted by molar-refractivity contribution is 14.0. The Morgan fingerprint density at radius 2 is 1.71 bits per heavy atom. The Balaban J connectivity index is 0.00000729. The van der Waals surface area contributed by atoms with Crippen molar-refractivity contribution in [3.63, 3.8) is 0 Å². The lowest BCUT2D eigenvalue weighted by Crippen LogP contribution is -2.51. The van der Waals surface area contributed by atoms with Crippen LogP contribution in [0.2, 0.25) is 0 Å². The van der Waals surface area contributed by atoms with E-state index in [1.165, 1.54) is 0 Å². The minimum Gasteiger partial charge on any atom is -0.396 e. The highest BCUT2D eigenvalue weighted by Crippen LogP contribution is 2.29. The van der Waals surface area contributed by atoms with E-state index in [9.17, 15) is 26.7 Å². The molecule has 0 bridgehead atoms. The van der Waals surface area contributed by atoms with Crippen molar-refractivity contribution in [1.82, 2.24) is 14.9 Å². The van der Waals surface area contributed by atoms with Crippen LogP contribution in [0.4, 0.5) is 13.2 Å². The van der Waals surface area contributed by atoms with Gasteiger partial charge in [-0.2, -0.15) is 17.5 Å². The predicted octanol–water partition coefficient (Wildman–Crippen LogP) is 2.27. The highest BCUT2D eigenvalue weighted by Gasteiger charge is 2.50. The van der Waals surface area contributed by atoms with Gasteiger partial charge in [0.2, 0.25) is 0 Å². The van der Waals surface area contributed by atoms with Crippen molar-refractivity contribution < 1.29 is 26.7 Å². The second-order valence-electron chi connectivity index (χ2n) is 6.83. The van der Waals surface area contributed by atoms with E-state index in [1.807, 2.05) is 20.8 Å². The summed E-state index contributed by atoms with van der Waals surface area (Å²) in [5.41, 5.74) is -5.57. The average molecular weight is 544 g/mol. The van der Waals surface area contributed by atoms with Crippen molar-refractivity contribution in [3.05, 3.63) is 0 Å². The number of piperidine rings is 1. The standard InChI is InChI=1S/C16H31F3N4O3S.HI/c1-4-15(5-2,12-24)11-21-14(20-6-3)22-13-7-9-23(10-8-13)27(25,26)16(17,18)19;/h13,24H,4-12H2,1-3H3,(H2,20,21,22);1H. The molecule has 3 N–H and O–H groups in total. The summed E-state index contributed by atoms with van der Waals surface area (Å²) >= 11 is 0. The number of aliphatic hydroxyl groups is 1. The number of halogens is 4. The van der Waals surface area contributed by atoms with Gasteiger partial charge in [0.1, 0.15) is 0 Å². The number of rotatable bonds is 8. The molecule has 1 saturated heterocycles. The minimum absolute atomic E-state index is 0. The molecule has 1 aliphatic rings. The smallest absolute Gasteiger partial charge is 0.396 e. The van der Waals surface area contributed by atoms with Crippen molar-refractivity contribution in [2.75, 3.05) is 32.8 Å². The van der Waals surface area contributed by atoms with Crippen molar-refractivity contribution in [1.29, 1.82) is 0 Å². The van der Waals surface area contributed by atoms with Gasteiger partial charge in [0.25, 0.3) is 0 Å². The quantitative estimate of drug-likeness (QED) is 0.248. The Morgan fingerprint density at radius 3 is 2.11 bits per heavy atom. The van der Waals surface area contributed by atoms with E-state index >= 15 is 0 Å². The minimum atomic E-state index is -5.27. The van der Waals surface area contributed by atoms with Crippen LogP contribution >= 0.6 is 24.0 Å². The average Bonchev–Trinajstić information content (AvgIpc) is 2.63. The van der Waals surface area contributed by atoms with Crippen LogP contribution in [0.15, 0.2) is 4.99 Å². The molecule has 0 aromatic carbocycles. The van der Waals surface area contributed by atoms with Crippen LogP contribution in [0.1, 0.15) is 46.5 Å². The van der Waals surface area contributed by atoms with Crippen LogP contribution in [-0.2, 0) is 10.0 Å². The normalized spacial score (nSPS) is 17.9. The zero-order chi connectivity index (χ0) is 20.7. The molecule has 28 heavy (non-hydrogen) atoms. The van der Waals surface area contributed by atoms with Gasteiger partial charge in [-0.05, 0) is 32.6 Å². The number of hydrogen-bond acceptors (Lipinski definition) is 4. The van der Waals surface area contributed by atoms with Crippen LogP contribution < -0.4 is 10.6 Å². The Morgan fingerprint density at radius 1 is 1.18 bits per heavy atom. The first-order valence-corrected chi connectivity index (χ1v) is 10.7. The van der Waals surface area contributed by atoms with Crippen LogP contribution in [0.3, 0.4) is 0 Å². The Hall–Kier alpha value is -0.340. The van der Waals surface area contributed by atoms with Gasteiger partial charge in [-0.15, -0.1) is 24.0 Å². The number of nitrogens with zero attached hydrogens (tertiary/aromatic N) is 2. The second-order valence-corrected chi connectivity index (χ2v) is 8.76. The van der Waals surface area contributed by atoms with Crippen LogP contribution in [-0.4, -0.2) is 68.1 Å². The fourth-order valence-electron chi connectivity index (χ4n) is 2.89. The molecule has 0 amide bonds. The lowest BCUT2D eigenvalue weighted by atomic mass is 9.83. The monoisotopic (exact) mass is 544 g/mol. The van der Waals surface area contributed by atoms with Crippen molar-refractivity contribution in [2.24, 2.45) is 10.4 Å². The SMILES string of the molecule is CCNC(=NCC(CC)(CC)CO)NC1CCN(S(=O)(=O)C(F)(F)F)CC1.I. The number of aliphatic hydroxyl groups excluding tert-OH is 1. The topological polar surface area (TPSA) is 94.0 Å². The lowest BCUT2D eigenvalue weighted by Gasteiger charge is -2.33. The zero-order valence-electron chi connectivity index (χ0n) is 16.5. The third-order valence-electron chi connectivity index (χ3n) is 5.18. The summed E-state index contributed by atoms with van der Waals surface area (Å²) in [5.74, 6) is 0.523. The van der Waals surface area contributed by atoms with Gasteiger partial charge in [0, 0.05) is 31.1 Å². The first-order valence-electron chi connectivity index (χ1n) is 9.27. The summed E-state index contributed by atoms with van der Waals surface area (Å²) in [6.45, 7) is 6.56. The molecule has 168 valence electrons. The van der Waals surface area contributed by atoms with Gasteiger partial charge < -0.3 is 15.7 Å². The fraction of sp³-hybridized carbons (Fsp3) is 0.938. The van der Waals surface area contributed by atoms with Crippen LogP contribution in [0.5, 0.6) is 0 Å². The molecule has 12 heteroatoms. The van der Waals surface area contributed by atoms with Crippen molar-refractivity contribution in [3.8, 4) is 0 Å². The summed E-state index contributed by atoms with van der Waals surface area (Å²) < 4.78 is 61.4. The van der Waals surface area contributed by atoms with Gasteiger partial charge in [-0.25, -0.2) is 8.42 Å². The number of sulfonamides is 1. The van der Waals surface area contributed by atoms with E-state index in [1.54, 1.807) is 0 Å². The maximum Gasteiger partial charge on any atom is 0.511 e. The van der Waals surface area contributed by atoms with E-state index in [-0.39, 0.29) is 68.0 Å². The summed E-state index contributed by atoms with van der Waals surface area (Å²) in [5, 5.41) is 15.9. The van der Waals surface area contributed by atoms with Gasteiger partial charge >= 0.3 is 15.5 Å². The molecule has 1 heterocycles. The van der Waals surface area contributed by atoms with E-state index in [4.69, 9.17) is 0 Å². The summed E-state index contributed by atoms with van der Waals surface area (Å²) in [6.07, 6.45) is 2.06. The summed E-state index contributed by atoms with van der Waals surface area (Å²) in [4.78, 5) is 4.52. The lowest BCUT2D eigenvalue weighted by molar-refractivity contribution is -0.0494. The fourth-order valence-corrected chi connectivity index (χ4v) is 3.88. The molecule has 7 nitrogen and oxygen atoms in total. The van der Waals surface area contributed by atoms with Gasteiger partial charge in [-0.3, -0.25) is 4.99 Å².